The Hall–Kier alpha value is -3.03. The Balaban J connectivity index is 0.000000613. The normalized spacial score (nSPS) is 10.3. The lowest BCUT2D eigenvalue weighted by molar-refractivity contribution is 0.112. The van der Waals surface area contributed by atoms with Crippen LogP contribution >= 0.6 is 0 Å². The third-order valence-corrected chi connectivity index (χ3v) is 4.71. The number of hydrogen-bond acceptors (Lipinski definition) is 7. The first-order chi connectivity index (χ1) is 16.5. The molecule has 7 nitrogen and oxygen atoms in total. The zero-order valence-electron chi connectivity index (χ0n) is 21.3. The van der Waals surface area contributed by atoms with Crippen LogP contribution in [0.1, 0.15) is 67.9 Å². The molecule has 7 heteroatoms. The van der Waals surface area contributed by atoms with E-state index in [1.807, 2.05) is 25.1 Å². The molecule has 0 bridgehead atoms. The van der Waals surface area contributed by atoms with E-state index in [1.54, 1.807) is 25.4 Å². The van der Waals surface area contributed by atoms with Gasteiger partial charge in [-0.25, -0.2) is 9.98 Å². The van der Waals surface area contributed by atoms with Gasteiger partial charge in [0.1, 0.15) is 17.8 Å². The van der Waals surface area contributed by atoms with Crippen molar-refractivity contribution in [1.82, 2.24) is 4.98 Å². The summed E-state index contributed by atoms with van der Waals surface area (Å²) in [5, 5.41) is 8.73. The third-order valence-electron chi connectivity index (χ3n) is 4.71. The first kappa shape index (κ1) is 31.0. The van der Waals surface area contributed by atoms with Crippen molar-refractivity contribution < 1.29 is 19.4 Å². The van der Waals surface area contributed by atoms with Crippen LogP contribution in [-0.4, -0.2) is 49.5 Å². The molecule has 188 valence electrons. The molecule has 0 atom stereocenters. The number of carbonyl (C=O) groups is 1. The minimum absolute atomic E-state index is 0.121. The summed E-state index contributed by atoms with van der Waals surface area (Å²) < 4.78 is 10.5. The molecule has 0 aliphatic rings. The molecule has 1 aromatic heterocycles. The fourth-order valence-corrected chi connectivity index (χ4v) is 3.04. The van der Waals surface area contributed by atoms with Crippen LogP contribution in [-0.2, 0) is 11.2 Å². The average molecular weight is 472 g/mol. The van der Waals surface area contributed by atoms with E-state index in [9.17, 15) is 4.79 Å². The number of carbonyl (C=O) groups excluding carboxylic acids is 1. The second-order valence-electron chi connectivity index (χ2n) is 7.02. The molecule has 0 aliphatic heterocycles. The van der Waals surface area contributed by atoms with Crippen LogP contribution in [0.5, 0.6) is 5.75 Å². The number of ether oxygens (including phenoxy) is 2. The molecule has 0 saturated heterocycles. The molecule has 34 heavy (non-hydrogen) atoms. The summed E-state index contributed by atoms with van der Waals surface area (Å²) in [4.78, 5) is 19.6. The topological polar surface area (TPSA) is 107 Å². The van der Waals surface area contributed by atoms with Gasteiger partial charge in [-0.05, 0) is 57.9 Å². The summed E-state index contributed by atoms with van der Waals surface area (Å²) >= 11 is 0. The first-order valence-electron chi connectivity index (χ1n) is 11.7. The van der Waals surface area contributed by atoms with Crippen LogP contribution < -0.4 is 10.5 Å². The number of aldehydes is 1. The van der Waals surface area contributed by atoms with E-state index in [0.717, 1.165) is 42.5 Å². The van der Waals surface area contributed by atoms with Crippen LogP contribution in [0.3, 0.4) is 0 Å². The van der Waals surface area contributed by atoms with E-state index in [-0.39, 0.29) is 6.61 Å². The van der Waals surface area contributed by atoms with Crippen molar-refractivity contribution in [3.63, 3.8) is 0 Å². The molecule has 2 rings (SSSR count). The van der Waals surface area contributed by atoms with Crippen molar-refractivity contribution in [2.24, 2.45) is 10.7 Å². The van der Waals surface area contributed by atoms with Gasteiger partial charge in [0.25, 0.3) is 0 Å². The van der Waals surface area contributed by atoms with Gasteiger partial charge in [0.2, 0.25) is 0 Å². The van der Waals surface area contributed by atoms with E-state index in [4.69, 9.17) is 14.6 Å². The van der Waals surface area contributed by atoms with E-state index in [2.05, 4.69) is 36.1 Å². The maximum Gasteiger partial charge on any atom is 0.151 e. The molecular formula is C27H41N3O4. The lowest BCUT2D eigenvalue weighted by Gasteiger charge is -2.09. The van der Waals surface area contributed by atoms with Crippen LogP contribution in [0.4, 0.5) is 5.82 Å². The minimum atomic E-state index is 0.121. The molecule has 2 aromatic rings. The van der Waals surface area contributed by atoms with Gasteiger partial charge in [0.15, 0.2) is 5.82 Å². The van der Waals surface area contributed by atoms with Crippen molar-refractivity contribution in [3.05, 3.63) is 59.8 Å². The van der Waals surface area contributed by atoms with E-state index >= 15 is 0 Å². The highest BCUT2D eigenvalue weighted by Gasteiger charge is 2.07. The second-order valence-corrected chi connectivity index (χ2v) is 7.02. The number of benzene rings is 1. The summed E-state index contributed by atoms with van der Waals surface area (Å²) in [6, 6.07) is 9.21. The molecule has 0 saturated carbocycles. The summed E-state index contributed by atoms with van der Waals surface area (Å²) in [6.07, 6.45) is 7.00. The highest BCUT2D eigenvalue weighted by atomic mass is 16.5. The Kier molecular flexibility index (Phi) is 17.7. The second kappa shape index (κ2) is 19.4. The monoisotopic (exact) mass is 471 g/mol. The van der Waals surface area contributed by atoms with Crippen molar-refractivity contribution in [2.45, 2.75) is 52.9 Å². The third kappa shape index (κ3) is 11.2. The van der Waals surface area contributed by atoms with E-state index < -0.39 is 0 Å². The van der Waals surface area contributed by atoms with Gasteiger partial charge in [0, 0.05) is 35.2 Å². The fourth-order valence-electron chi connectivity index (χ4n) is 3.04. The van der Waals surface area contributed by atoms with Gasteiger partial charge in [-0.15, -0.1) is 0 Å². The van der Waals surface area contributed by atoms with Gasteiger partial charge >= 0.3 is 0 Å². The van der Waals surface area contributed by atoms with E-state index in [0.29, 0.717) is 36.5 Å². The zero-order valence-corrected chi connectivity index (χ0v) is 21.3. The van der Waals surface area contributed by atoms with Gasteiger partial charge in [-0.2, -0.15) is 0 Å². The Morgan fingerprint density at radius 2 is 1.94 bits per heavy atom. The number of aliphatic hydroxyl groups excluding tert-OH is 1. The number of methoxy groups -OCH3 is 1. The average Bonchev–Trinajstić information content (AvgIpc) is 2.89. The number of aliphatic imine (C=N–C) groups is 1. The summed E-state index contributed by atoms with van der Waals surface area (Å²) in [5.41, 5.74) is 8.11. The van der Waals surface area contributed by atoms with E-state index in [1.165, 1.54) is 12.8 Å². The minimum Gasteiger partial charge on any atom is -0.496 e. The number of aromatic nitrogens is 1. The van der Waals surface area contributed by atoms with Gasteiger partial charge in [0.05, 0.1) is 13.7 Å². The number of nitrogens with zero attached hydrogens (tertiary/aromatic N) is 2. The zero-order chi connectivity index (χ0) is 25.8. The smallest absolute Gasteiger partial charge is 0.151 e. The highest BCUT2D eigenvalue weighted by molar-refractivity contribution is 5.86. The van der Waals surface area contributed by atoms with Gasteiger partial charge in [-0.3, -0.25) is 4.79 Å². The SMILES string of the molecule is C=C(OCC)c1ccc(N=C(CC)CCC)nc1.CN.COc1cccc(C=O)c1CCCO. The highest BCUT2D eigenvalue weighted by Crippen LogP contribution is 2.22. The van der Waals surface area contributed by atoms with Crippen molar-refractivity contribution >= 4 is 23.6 Å². The van der Waals surface area contributed by atoms with Crippen LogP contribution in [0.25, 0.3) is 5.76 Å². The van der Waals surface area contributed by atoms with Gasteiger partial charge < -0.3 is 20.3 Å². The standard InChI is InChI=1S/C15H22N2O.C11H14O3.CH5N/c1-5-8-14(6-2)17-15-10-9-13(11-16-15)12(4)18-7-3;1-14-11-6-2-4-9(8-13)10(11)5-3-7-12;1-2/h9-11H,4-8H2,1-3H3;2,4,6,8,12H,3,5,7H2,1H3;2H2,1H3. The summed E-state index contributed by atoms with van der Waals surface area (Å²) in [7, 11) is 3.08. The summed E-state index contributed by atoms with van der Waals surface area (Å²) in [6.45, 7) is 10.8. The molecule has 0 spiro atoms. The Labute approximate surface area is 204 Å². The van der Waals surface area contributed by atoms with Crippen molar-refractivity contribution in [2.75, 3.05) is 27.4 Å². The van der Waals surface area contributed by atoms with Crippen molar-refractivity contribution in [1.29, 1.82) is 0 Å². The number of rotatable bonds is 12. The lowest BCUT2D eigenvalue weighted by Crippen LogP contribution is -1.99. The van der Waals surface area contributed by atoms with Crippen LogP contribution in [0.2, 0.25) is 0 Å². The quantitative estimate of drug-likeness (QED) is 0.244. The molecule has 1 heterocycles. The molecule has 0 aliphatic carbocycles. The predicted molar refractivity (Wildman–Crippen MR) is 141 cm³/mol. The maximum absolute atomic E-state index is 10.7. The number of aliphatic hydroxyl groups is 1. The lowest BCUT2D eigenvalue weighted by atomic mass is 10.0. The van der Waals surface area contributed by atoms with Gasteiger partial charge in [-0.1, -0.05) is 39.0 Å². The molecule has 0 radical (unpaired) electrons. The number of nitrogens with two attached hydrogens (primary N) is 1. The Morgan fingerprint density at radius 3 is 2.44 bits per heavy atom. The van der Waals surface area contributed by atoms with Crippen molar-refractivity contribution in [3.8, 4) is 5.75 Å². The molecular weight excluding hydrogens is 430 g/mol. The molecule has 3 N–H and O–H groups in total. The Bertz CT molecular complexity index is 865. The van der Waals surface area contributed by atoms with Crippen LogP contribution in [0, 0.1) is 0 Å². The number of hydrogen-bond donors (Lipinski definition) is 2. The Morgan fingerprint density at radius 1 is 1.21 bits per heavy atom. The predicted octanol–water partition coefficient (Wildman–Crippen LogP) is 5.38. The first-order valence-corrected chi connectivity index (χ1v) is 11.7. The fraction of sp³-hybridized carbons (Fsp3) is 0.444. The summed E-state index contributed by atoms with van der Waals surface area (Å²) in [5.74, 6) is 2.13. The maximum atomic E-state index is 10.7. The largest absolute Gasteiger partial charge is 0.496 e. The molecule has 0 amide bonds. The molecule has 0 unspecified atom stereocenters. The number of pyridine rings is 1. The van der Waals surface area contributed by atoms with Crippen LogP contribution in [0.15, 0.2) is 48.1 Å². The molecule has 1 aromatic carbocycles. The molecule has 0 fully saturated rings.